The fourth-order valence-corrected chi connectivity index (χ4v) is 1.67. The molecule has 2 N–H and O–H groups in total. The van der Waals surface area contributed by atoms with E-state index in [9.17, 15) is 4.79 Å². The molecule has 0 heterocycles. The Labute approximate surface area is 106 Å². The lowest BCUT2D eigenvalue weighted by molar-refractivity contribution is -0.136. The maximum atomic E-state index is 10.6. The van der Waals surface area contributed by atoms with Gasteiger partial charge in [0.05, 0.1) is 6.42 Å². The highest BCUT2D eigenvalue weighted by Crippen LogP contribution is 2.20. The Balaban J connectivity index is 0.000000771. The van der Waals surface area contributed by atoms with E-state index < -0.39 is 5.97 Å². The van der Waals surface area contributed by atoms with Crippen LogP contribution >= 0.6 is 0 Å². The predicted octanol–water partition coefficient (Wildman–Crippen LogP) is 2.59. The van der Waals surface area contributed by atoms with E-state index in [4.69, 9.17) is 10.2 Å². The molecule has 0 radical (unpaired) electrons. The van der Waals surface area contributed by atoms with E-state index in [1.54, 1.807) is 0 Å². The molecule has 0 saturated heterocycles. The first-order chi connectivity index (χ1) is 8.75. The summed E-state index contributed by atoms with van der Waals surface area (Å²) >= 11 is 0. The quantitative estimate of drug-likeness (QED) is 0.872. The summed E-state index contributed by atoms with van der Waals surface area (Å²) in [5, 5.41) is 15.7. The van der Waals surface area contributed by atoms with Crippen molar-refractivity contribution in [3.05, 3.63) is 60.2 Å². The second-order valence-corrected chi connectivity index (χ2v) is 3.64. The largest absolute Gasteiger partial charge is 0.481 e. The molecule has 2 aromatic rings. The highest BCUT2D eigenvalue weighted by Gasteiger charge is 2.02. The minimum atomic E-state index is -0.801. The summed E-state index contributed by atoms with van der Waals surface area (Å²) in [5.74, 6) is -0.801. The maximum absolute atomic E-state index is 10.6. The number of carbonyl (C=O) groups is 1. The van der Waals surface area contributed by atoms with E-state index in [2.05, 4.69) is 0 Å². The van der Waals surface area contributed by atoms with Crippen LogP contribution in [0.15, 0.2) is 54.6 Å². The molecule has 0 aliphatic carbocycles. The molecule has 0 bridgehead atoms. The van der Waals surface area contributed by atoms with Crippen LogP contribution in [0.3, 0.4) is 0 Å². The van der Waals surface area contributed by atoms with Crippen molar-refractivity contribution < 1.29 is 15.0 Å². The molecule has 0 amide bonds. The van der Waals surface area contributed by atoms with Gasteiger partial charge in [-0.2, -0.15) is 0 Å². The third kappa shape index (κ3) is 4.03. The van der Waals surface area contributed by atoms with Gasteiger partial charge in [-0.15, -0.1) is 0 Å². The van der Waals surface area contributed by atoms with Crippen LogP contribution in [-0.4, -0.2) is 23.3 Å². The Kier molecular flexibility index (Phi) is 5.61. The standard InChI is InChI=1S/C14H12O2.CH4O/c15-14(16)10-11-5-4-8-13(9-11)12-6-2-1-3-7-12;1-2/h1-9H,10H2,(H,15,16);2H,1H3. The molecule has 2 aromatic carbocycles. The van der Waals surface area contributed by atoms with Crippen molar-refractivity contribution in [2.24, 2.45) is 0 Å². The zero-order valence-electron chi connectivity index (χ0n) is 10.2. The van der Waals surface area contributed by atoms with Gasteiger partial charge in [0.25, 0.3) is 0 Å². The molecule has 94 valence electrons. The molecule has 0 spiro atoms. The fourth-order valence-electron chi connectivity index (χ4n) is 1.67. The molecule has 3 nitrogen and oxygen atoms in total. The van der Waals surface area contributed by atoms with Gasteiger partial charge in [-0.05, 0) is 16.7 Å². The van der Waals surface area contributed by atoms with Gasteiger partial charge in [-0.3, -0.25) is 4.79 Å². The number of aliphatic hydroxyl groups excluding tert-OH is 1. The van der Waals surface area contributed by atoms with E-state index in [1.165, 1.54) is 0 Å². The molecule has 0 unspecified atom stereocenters. The van der Waals surface area contributed by atoms with E-state index in [-0.39, 0.29) is 6.42 Å². The van der Waals surface area contributed by atoms with Gasteiger partial charge in [0.2, 0.25) is 0 Å². The Morgan fingerprint density at radius 3 is 2.17 bits per heavy atom. The normalized spacial score (nSPS) is 9.22. The summed E-state index contributed by atoms with van der Waals surface area (Å²) in [4.78, 5) is 10.6. The summed E-state index contributed by atoms with van der Waals surface area (Å²) in [6.07, 6.45) is 0.0701. The van der Waals surface area contributed by atoms with Gasteiger partial charge >= 0.3 is 5.97 Å². The minimum Gasteiger partial charge on any atom is -0.481 e. The third-order valence-electron chi connectivity index (χ3n) is 2.39. The smallest absolute Gasteiger partial charge is 0.307 e. The van der Waals surface area contributed by atoms with Gasteiger partial charge < -0.3 is 10.2 Å². The van der Waals surface area contributed by atoms with Gasteiger partial charge in [0.15, 0.2) is 0 Å². The summed E-state index contributed by atoms with van der Waals surface area (Å²) in [6, 6.07) is 17.6. The lowest BCUT2D eigenvalue weighted by Gasteiger charge is -2.03. The topological polar surface area (TPSA) is 57.5 Å². The van der Waals surface area contributed by atoms with Crippen molar-refractivity contribution in [1.82, 2.24) is 0 Å². The number of carboxylic acid groups (broad SMARTS) is 1. The second-order valence-electron chi connectivity index (χ2n) is 3.64. The number of hydrogen-bond donors (Lipinski definition) is 2. The highest BCUT2D eigenvalue weighted by molar-refractivity contribution is 5.72. The number of aliphatic hydroxyl groups is 1. The fraction of sp³-hybridized carbons (Fsp3) is 0.133. The monoisotopic (exact) mass is 244 g/mol. The first-order valence-electron chi connectivity index (χ1n) is 5.56. The van der Waals surface area contributed by atoms with Gasteiger partial charge in [0.1, 0.15) is 0 Å². The lowest BCUT2D eigenvalue weighted by Crippen LogP contribution is -1.99. The van der Waals surface area contributed by atoms with Crippen LogP contribution in [0.1, 0.15) is 5.56 Å². The van der Waals surface area contributed by atoms with Crippen molar-refractivity contribution in [2.75, 3.05) is 7.11 Å². The van der Waals surface area contributed by atoms with Crippen LogP contribution in [0.5, 0.6) is 0 Å². The Bertz CT molecular complexity index is 492. The zero-order valence-corrected chi connectivity index (χ0v) is 10.2. The molecule has 0 saturated carbocycles. The number of aliphatic carboxylic acids is 1. The van der Waals surface area contributed by atoms with Crippen molar-refractivity contribution in [3.63, 3.8) is 0 Å². The Hall–Kier alpha value is -2.13. The molecule has 0 aliphatic heterocycles. The molecular formula is C15H16O3. The number of hydrogen-bond acceptors (Lipinski definition) is 2. The summed E-state index contributed by atoms with van der Waals surface area (Å²) < 4.78 is 0. The third-order valence-corrected chi connectivity index (χ3v) is 2.39. The molecule has 0 aliphatic rings. The highest BCUT2D eigenvalue weighted by atomic mass is 16.4. The Morgan fingerprint density at radius 2 is 1.56 bits per heavy atom. The zero-order chi connectivity index (χ0) is 13.4. The Morgan fingerprint density at radius 1 is 0.944 bits per heavy atom. The first kappa shape index (κ1) is 13.9. The molecule has 3 heteroatoms. The van der Waals surface area contributed by atoms with Gasteiger partial charge in [-0.25, -0.2) is 0 Å². The van der Waals surface area contributed by atoms with Crippen LogP contribution in [0, 0.1) is 0 Å². The summed E-state index contributed by atoms with van der Waals surface area (Å²) in [5.41, 5.74) is 2.99. The molecule has 18 heavy (non-hydrogen) atoms. The van der Waals surface area contributed by atoms with Crippen molar-refractivity contribution in [2.45, 2.75) is 6.42 Å². The summed E-state index contributed by atoms with van der Waals surface area (Å²) in [6.45, 7) is 0. The SMILES string of the molecule is CO.O=C(O)Cc1cccc(-c2ccccc2)c1. The molecule has 0 fully saturated rings. The van der Waals surface area contributed by atoms with Crippen LogP contribution in [0.25, 0.3) is 11.1 Å². The predicted molar refractivity (Wildman–Crippen MR) is 71.4 cm³/mol. The van der Waals surface area contributed by atoms with Gasteiger partial charge in [0, 0.05) is 7.11 Å². The number of rotatable bonds is 3. The van der Waals surface area contributed by atoms with Crippen LogP contribution in [-0.2, 0) is 11.2 Å². The van der Waals surface area contributed by atoms with Gasteiger partial charge in [-0.1, -0.05) is 54.6 Å². The molecule has 2 rings (SSSR count). The average Bonchev–Trinajstić information content (AvgIpc) is 2.42. The molecular weight excluding hydrogens is 228 g/mol. The number of benzene rings is 2. The first-order valence-corrected chi connectivity index (χ1v) is 5.56. The number of carboxylic acids is 1. The second kappa shape index (κ2) is 7.25. The van der Waals surface area contributed by atoms with E-state index >= 15 is 0 Å². The van der Waals surface area contributed by atoms with Crippen molar-refractivity contribution in [1.29, 1.82) is 0 Å². The molecule has 0 aromatic heterocycles. The van der Waals surface area contributed by atoms with Crippen LogP contribution in [0.4, 0.5) is 0 Å². The average molecular weight is 244 g/mol. The van der Waals surface area contributed by atoms with Crippen LogP contribution in [0.2, 0.25) is 0 Å². The maximum Gasteiger partial charge on any atom is 0.307 e. The van der Waals surface area contributed by atoms with Crippen LogP contribution < -0.4 is 0 Å². The summed E-state index contributed by atoms with van der Waals surface area (Å²) in [7, 11) is 1.00. The van der Waals surface area contributed by atoms with E-state index in [0.717, 1.165) is 23.8 Å². The van der Waals surface area contributed by atoms with E-state index in [0.29, 0.717) is 0 Å². The van der Waals surface area contributed by atoms with Crippen molar-refractivity contribution >= 4 is 5.97 Å². The lowest BCUT2D eigenvalue weighted by atomic mass is 10.0. The van der Waals surface area contributed by atoms with Crippen molar-refractivity contribution in [3.8, 4) is 11.1 Å². The molecule has 0 atom stereocenters. The minimum absolute atomic E-state index is 0.0701. The van der Waals surface area contributed by atoms with E-state index in [1.807, 2.05) is 54.6 Å².